The van der Waals surface area contributed by atoms with Crippen molar-refractivity contribution in [2.24, 2.45) is 11.8 Å². The Kier molecular flexibility index (Phi) is 6.65. The van der Waals surface area contributed by atoms with Crippen LogP contribution in [0, 0.1) is 11.8 Å². The van der Waals surface area contributed by atoms with Gasteiger partial charge in [-0.3, -0.25) is 9.69 Å². The van der Waals surface area contributed by atoms with E-state index in [2.05, 4.69) is 24.1 Å². The minimum atomic E-state index is 0.0946. The van der Waals surface area contributed by atoms with Crippen LogP contribution >= 0.6 is 0 Å². The van der Waals surface area contributed by atoms with Crippen molar-refractivity contribution in [3.63, 3.8) is 0 Å². The number of hydrogen-bond donors (Lipinski definition) is 1. The van der Waals surface area contributed by atoms with E-state index >= 15 is 0 Å². The average molecular weight is 255 g/mol. The van der Waals surface area contributed by atoms with E-state index in [0.717, 1.165) is 38.6 Å². The van der Waals surface area contributed by atoms with Crippen LogP contribution in [0.4, 0.5) is 0 Å². The molecule has 0 saturated carbocycles. The Morgan fingerprint density at radius 2 is 1.78 bits per heavy atom. The van der Waals surface area contributed by atoms with Crippen molar-refractivity contribution >= 4 is 5.91 Å². The summed E-state index contributed by atoms with van der Waals surface area (Å²) in [6, 6.07) is 0. The van der Waals surface area contributed by atoms with E-state index in [-0.39, 0.29) is 5.92 Å². The first kappa shape index (κ1) is 15.4. The molecule has 0 aliphatic carbocycles. The second-order valence-corrected chi connectivity index (χ2v) is 5.81. The molecule has 1 heterocycles. The molecule has 0 radical (unpaired) electrons. The van der Waals surface area contributed by atoms with Crippen LogP contribution in [0.1, 0.15) is 27.2 Å². The van der Waals surface area contributed by atoms with Gasteiger partial charge in [0.15, 0.2) is 0 Å². The molecule has 1 saturated heterocycles. The van der Waals surface area contributed by atoms with Crippen molar-refractivity contribution in [2.75, 3.05) is 46.3 Å². The number of piperazine rings is 1. The first-order valence-electron chi connectivity index (χ1n) is 7.20. The maximum atomic E-state index is 12.1. The van der Waals surface area contributed by atoms with Crippen LogP contribution in [0.15, 0.2) is 0 Å². The van der Waals surface area contributed by atoms with E-state index in [1.165, 1.54) is 13.0 Å². The summed E-state index contributed by atoms with van der Waals surface area (Å²) < 4.78 is 0. The second kappa shape index (κ2) is 7.74. The minimum Gasteiger partial charge on any atom is -0.340 e. The van der Waals surface area contributed by atoms with Gasteiger partial charge in [0.2, 0.25) is 5.91 Å². The molecule has 106 valence electrons. The molecular formula is C14H29N3O. The van der Waals surface area contributed by atoms with Gasteiger partial charge < -0.3 is 10.2 Å². The monoisotopic (exact) mass is 255 g/mol. The highest BCUT2D eigenvalue weighted by Gasteiger charge is 2.24. The lowest BCUT2D eigenvalue weighted by Gasteiger charge is -2.36. The third-order valence-corrected chi connectivity index (χ3v) is 3.64. The summed E-state index contributed by atoms with van der Waals surface area (Å²) in [5.74, 6) is 1.16. The molecule has 0 bridgehead atoms. The van der Waals surface area contributed by atoms with Gasteiger partial charge in [0.1, 0.15) is 0 Å². The molecule has 1 fully saturated rings. The van der Waals surface area contributed by atoms with Gasteiger partial charge in [-0.15, -0.1) is 0 Å². The van der Waals surface area contributed by atoms with Gasteiger partial charge in [-0.2, -0.15) is 0 Å². The maximum absolute atomic E-state index is 12.1. The highest BCUT2D eigenvalue weighted by molar-refractivity contribution is 5.78. The predicted molar refractivity (Wildman–Crippen MR) is 75.6 cm³/mol. The molecule has 1 unspecified atom stereocenters. The van der Waals surface area contributed by atoms with Crippen LogP contribution in [-0.2, 0) is 4.79 Å². The van der Waals surface area contributed by atoms with Gasteiger partial charge in [0.25, 0.3) is 0 Å². The fraction of sp³-hybridized carbons (Fsp3) is 0.929. The number of hydrogen-bond acceptors (Lipinski definition) is 3. The number of nitrogens with zero attached hydrogens (tertiary/aromatic N) is 2. The molecule has 1 rings (SSSR count). The topological polar surface area (TPSA) is 35.6 Å². The summed E-state index contributed by atoms with van der Waals surface area (Å²) in [7, 11) is 1.90. The van der Waals surface area contributed by atoms with E-state index in [0.29, 0.717) is 5.91 Å². The van der Waals surface area contributed by atoms with E-state index in [4.69, 9.17) is 0 Å². The quantitative estimate of drug-likeness (QED) is 0.770. The summed E-state index contributed by atoms with van der Waals surface area (Å²) in [5, 5.41) is 3.07. The highest BCUT2D eigenvalue weighted by Crippen LogP contribution is 2.09. The number of carbonyl (C=O) groups is 1. The summed E-state index contributed by atoms with van der Waals surface area (Å²) in [6.45, 7) is 12.3. The number of carbonyl (C=O) groups excluding carboxylic acids is 1. The van der Waals surface area contributed by atoms with Gasteiger partial charge in [0, 0.05) is 38.6 Å². The Labute approximate surface area is 112 Å². The lowest BCUT2D eigenvalue weighted by molar-refractivity contribution is -0.136. The molecule has 1 atom stereocenters. The van der Waals surface area contributed by atoms with E-state index in [1.54, 1.807) is 0 Å². The third kappa shape index (κ3) is 4.94. The fourth-order valence-electron chi connectivity index (χ4n) is 2.34. The fourth-order valence-corrected chi connectivity index (χ4v) is 2.34. The van der Waals surface area contributed by atoms with Crippen LogP contribution in [0.2, 0.25) is 0 Å². The molecule has 4 heteroatoms. The lowest BCUT2D eigenvalue weighted by Crippen LogP contribution is -2.51. The Bertz CT molecular complexity index is 247. The zero-order valence-corrected chi connectivity index (χ0v) is 12.4. The Hall–Kier alpha value is -0.610. The minimum absolute atomic E-state index is 0.0946. The first-order chi connectivity index (χ1) is 8.54. The smallest absolute Gasteiger partial charge is 0.226 e. The number of rotatable bonds is 6. The van der Waals surface area contributed by atoms with E-state index < -0.39 is 0 Å². The zero-order chi connectivity index (χ0) is 13.5. The summed E-state index contributed by atoms with van der Waals surface area (Å²) in [4.78, 5) is 16.6. The predicted octanol–water partition coefficient (Wildman–Crippen LogP) is 1.03. The zero-order valence-electron chi connectivity index (χ0n) is 12.4. The summed E-state index contributed by atoms with van der Waals surface area (Å²) >= 11 is 0. The normalized spacial score (nSPS) is 19.3. The standard InChI is InChI=1S/C14H29N3O/c1-12(2)5-6-16-7-9-17(10-8-16)14(18)13(3)11-15-4/h12-13,15H,5-11H2,1-4H3. The number of nitrogens with one attached hydrogen (secondary N) is 1. The van der Waals surface area contributed by atoms with Crippen molar-refractivity contribution in [3.05, 3.63) is 0 Å². The van der Waals surface area contributed by atoms with Crippen molar-refractivity contribution in [1.82, 2.24) is 15.1 Å². The summed E-state index contributed by atoms with van der Waals surface area (Å²) in [5.41, 5.74) is 0. The molecule has 0 aromatic carbocycles. The van der Waals surface area contributed by atoms with Gasteiger partial charge in [-0.05, 0) is 25.9 Å². The lowest BCUT2D eigenvalue weighted by atomic mass is 10.1. The molecule has 1 aliphatic rings. The Morgan fingerprint density at radius 1 is 1.17 bits per heavy atom. The van der Waals surface area contributed by atoms with Crippen molar-refractivity contribution in [2.45, 2.75) is 27.2 Å². The van der Waals surface area contributed by atoms with Crippen LogP contribution in [0.3, 0.4) is 0 Å². The molecule has 18 heavy (non-hydrogen) atoms. The SMILES string of the molecule is CNCC(C)C(=O)N1CCN(CCC(C)C)CC1. The van der Waals surface area contributed by atoms with Gasteiger partial charge >= 0.3 is 0 Å². The van der Waals surface area contributed by atoms with Crippen LogP contribution < -0.4 is 5.32 Å². The van der Waals surface area contributed by atoms with Gasteiger partial charge in [-0.25, -0.2) is 0 Å². The van der Waals surface area contributed by atoms with E-state index in [1.807, 2.05) is 18.9 Å². The molecule has 1 aliphatic heterocycles. The van der Waals surface area contributed by atoms with Crippen molar-refractivity contribution in [1.29, 1.82) is 0 Å². The Balaban J connectivity index is 2.28. The Morgan fingerprint density at radius 3 is 2.28 bits per heavy atom. The molecule has 0 aromatic heterocycles. The second-order valence-electron chi connectivity index (χ2n) is 5.81. The number of amides is 1. The summed E-state index contributed by atoms with van der Waals surface area (Å²) in [6.07, 6.45) is 1.25. The van der Waals surface area contributed by atoms with Crippen molar-refractivity contribution in [3.8, 4) is 0 Å². The average Bonchev–Trinajstić information content (AvgIpc) is 2.36. The van der Waals surface area contributed by atoms with Crippen LogP contribution in [-0.4, -0.2) is 62.0 Å². The molecule has 1 N–H and O–H groups in total. The maximum Gasteiger partial charge on any atom is 0.226 e. The largest absolute Gasteiger partial charge is 0.340 e. The van der Waals surface area contributed by atoms with E-state index in [9.17, 15) is 4.79 Å². The molecular weight excluding hydrogens is 226 g/mol. The molecule has 1 amide bonds. The van der Waals surface area contributed by atoms with Gasteiger partial charge in [0.05, 0.1) is 0 Å². The highest BCUT2D eigenvalue weighted by atomic mass is 16.2. The van der Waals surface area contributed by atoms with Crippen molar-refractivity contribution < 1.29 is 4.79 Å². The molecule has 0 aromatic rings. The molecule has 4 nitrogen and oxygen atoms in total. The first-order valence-corrected chi connectivity index (χ1v) is 7.20. The van der Waals surface area contributed by atoms with Crippen LogP contribution in [0.25, 0.3) is 0 Å². The molecule has 0 spiro atoms. The third-order valence-electron chi connectivity index (χ3n) is 3.64. The van der Waals surface area contributed by atoms with Gasteiger partial charge in [-0.1, -0.05) is 20.8 Å². The van der Waals surface area contributed by atoms with Crippen LogP contribution in [0.5, 0.6) is 0 Å².